The van der Waals surface area contributed by atoms with Gasteiger partial charge in [0.05, 0.1) is 26.9 Å². The Morgan fingerprint density at radius 1 is 1.23 bits per heavy atom. The van der Waals surface area contributed by atoms with E-state index in [4.69, 9.17) is 18.9 Å². The average molecular weight is 482 g/mol. The summed E-state index contributed by atoms with van der Waals surface area (Å²) >= 11 is 0. The Bertz CT molecular complexity index is 1260. The van der Waals surface area contributed by atoms with E-state index in [1.165, 1.54) is 18.6 Å². The van der Waals surface area contributed by atoms with E-state index in [1.807, 2.05) is 16.7 Å². The van der Waals surface area contributed by atoms with Gasteiger partial charge in [-0.15, -0.1) is 4.99 Å². The van der Waals surface area contributed by atoms with Crippen LogP contribution in [0.5, 0.6) is 17.4 Å². The average Bonchev–Trinajstić information content (AvgIpc) is 3.38. The number of methoxy groups -OCH3 is 1. The second-order valence-corrected chi connectivity index (χ2v) is 8.02. The summed E-state index contributed by atoms with van der Waals surface area (Å²) in [4.78, 5) is 31.3. The number of fused-ring (bicyclic) bond motifs is 3. The van der Waals surface area contributed by atoms with Gasteiger partial charge in [-0.1, -0.05) is 0 Å². The van der Waals surface area contributed by atoms with Crippen molar-refractivity contribution in [1.82, 2.24) is 24.4 Å². The first kappa shape index (κ1) is 23.0. The van der Waals surface area contributed by atoms with Crippen molar-refractivity contribution in [2.75, 3.05) is 58.4 Å². The molecule has 35 heavy (non-hydrogen) atoms. The van der Waals surface area contributed by atoms with Gasteiger partial charge in [-0.3, -0.25) is 9.47 Å². The highest BCUT2D eigenvalue weighted by Gasteiger charge is 2.21. The number of carbonyl (C=O) groups excluding carboxylic acids is 1. The molecule has 0 saturated carbocycles. The van der Waals surface area contributed by atoms with Crippen molar-refractivity contribution in [3.05, 3.63) is 36.3 Å². The Morgan fingerprint density at radius 3 is 2.91 bits per heavy atom. The third-order valence-electron chi connectivity index (χ3n) is 5.82. The molecule has 5 rings (SSSR count). The SMILES string of the molecule is COc1c(OCCCN2CCOCC2)ccc2c3n(c(=NC(=O)Oc4ccncn4)nc12)CCN3. The van der Waals surface area contributed by atoms with Crippen LogP contribution >= 0.6 is 0 Å². The fourth-order valence-corrected chi connectivity index (χ4v) is 4.17. The van der Waals surface area contributed by atoms with Crippen LogP contribution in [0.3, 0.4) is 0 Å². The van der Waals surface area contributed by atoms with Crippen LogP contribution in [0.25, 0.3) is 10.9 Å². The molecule has 184 valence electrons. The number of ether oxygens (including phenoxy) is 4. The normalized spacial score (nSPS) is 16.1. The molecule has 1 fully saturated rings. The highest BCUT2D eigenvalue weighted by molar-refractivity contribution is 5.95. The molecule has 0 unspecified atom stereocenters. The van der Waals surface area contributed by atoms with Crippen LogP contribution in [0.15, 0.2) is 35.7 Å². The van der Waals surface area contributed by atoms with Gasteiger partial charge in [0, 0.05) is 50.4 Å². The molecule has 0 radical (unpaired) electrons. The van der Waals surface area contributed by atoms with Crippen LogP contribution in [0.1, 0.15) is 6.42 Å². The van der Waals surface area contributed by atoms with Crippen molar-refractivity contribution in [3.63, 3.8) is 0 Å². The maximum absolute atomic E-state index is 12.5. The number of amides is 1. The summed E-state index contributed by atoms with van der Waals surface area (Å²) < 4.78 is 24.2. The second-order valence-electron chi connectivity index (χ2n) is 8.02. The molecule has 2 aliphatic heterocycles. The standard InChI is InChI=1S/C23H27N7O5/c1-32-20-17(34-12-2-8-29-10-13-33-14-11-29)4-3-16-19(20)27-22(30-9-7-25-21(16)30)28-23(31)35-18-5-6-24-15-26-18/h3-6,15,25H,2,7-14H2,1H3. The first-order valence-corrected chi connectivity index (χ1v) is 11.5. The summed E-state index contributed by atoms with van der Waals surface area (Å²) in [5.74, 6) is 2.00. The van der Waals surface area contributed by atoms with Gasteiger partial charge in [0.25, 0.3) is 0 Å². The summed E-state index contributed by atoms with van der Waals surface area (Å²) in [7, 11) is 1.57. The van der Waals surface area contributed by atoms with Gasteiger partial charge in [0.1, 0.15) is 17.7 Å². The predicted octanol–water partition coefficient (Wildman–Crippen LogP) is 1.46. The van der Waals surface area contributed by atoms with E-state index >= 15 is 0 Å². The van der Waals surface area contributed by atoms with Gasteiger partial charge in [0.2, 0.25) is 11.5 Å². The number of carbonyl (C=O) groups is 1. The number of rotatable bonds is 7. The monoisotopic (exact) mass is 481 g/mol. The zero-order chi connectivity index (χ0) is 24.0. The van der Waals surface area contributed by atoms with Gasteiger partial charge in [-0.2, -0.15) is 0 Å². The van der Waals surface area contributed by atoms with Crippen molar-refractivity contribution < 1.29 is 23.7 Å². The molecule has 2 aliphatic rings. The maximum Gasteiger partial charge on any atom is 0.443 e. The van der Waals surface area contributed by atoms with Crippen molar-refractivity contribution in [2.24, 2.45) is 4.99 Å². The molecular formula is C23H27N7O5. The number of morpholine rings is 1. The van der Waals surface area contributed by atoms with E-state index in [9.17, 15) is 4.79 Å². The highest BCUT2D eigenvalue weighted by Crippen LogP contribution is 2.37. The number of nitrogens with zero attached hydrogens (tertiary/aromatic N) is 6. The Labute approximate surface area is 201 Å². The van der Waals surface area contributed by atoms with Crippen molar-refractivity contribution in [3.8, 4) is 17.4 Å². The largest absolute Gasteiger partial charge is 0.491 e. The summed E-state index contributed by atoms with van der Waals surface area (Å²) in [5, 5.41) is 4.19. The molecule has 0 aliphatic carbocycles. The summed E-state index contributed by atoms with van der Waals surface area (Å²) in [5.41, 5.74) is 0.756. The second kappa shape index (κ2) is 10.7. The summed E-state index contributed by atoms with van der Waals surface area (Å²) in [6.45, 7) is 6.24. The molecule has 3 aromatic rings. The molecule has 12 nitrogen and oxygen atoms in total. The zero-order valence-electron chi connectivity index (χ0n) is 19.5. The summed E-state index contributed by atoms with van der Waals surface area (Å²) in [6, 6.07) is 5.31. The number of aromatic nitrogens is 4. The van der Waals surface area contributed by atoms with E-state index < -0.39 is 6.09 Å². The Hall–Kier alpha value is -3.77. The maximum atomic E-state index is 12.5. The third-order valence-corrected chi connectivity index (χ3v) is 5.82. The van der Waals surface area contributed by atoms with E-state index in [0.29, 0.717) is 36.7 Å². The molecule has 0 spiro atoms. The Morgan fingerprint density at radius 2 is 2.11 bits per heavy atom. The highest BCUT2D eigenvalue weighted by atomic mass is 16.6. The first-order valence-electron chi connectivity index (χ1n) is 11.5. The summed E-state index contributed by atoms with van der Waals surface area (Å²) in [6.07, 6.45) is 2.83. The van der Waals surface area contributed by atoms with Crippen LogP contribution < -0.4 is 25.1 Å². The molecule has 1 N–H and O–H groups in total. The van der Waals surface area contributed by atoms with Gasteiger partial charge >= 0.3 is 6.09 Å². The molecule has 4 heterocycles. The number of nitrogens with one attached hydrogen (secondary N) is 1. The Kier molecular flexibility index (Phi) is 7.00. The number of hydrogen-bond acceptors (Lipinski definition) is 10. The molecule has 1 aromatic carbocycles. The minimum atomic E-state index is -0.827. The van der Waals surface area contributed by atoms with Gasteiger partial charge in [-0.05, 0) is 18.6 Å². The van der Waals surface area contributed by atoms with Crippen LogP contribution in [-0.2, 0) is 11.3 Å². The van der Waals surface area contributed by atoms with E-state index in [2.05, 4.69) is 30.2 Å². The third kappa shape index (κ3) is 5.17. The minimum absolute atomic E-state index is 0.111. The molecule has 0 atom stereocenters. The fraction of sp³-hybridized carbons (Fsp3) is 0.435. The predicted molar refractivity (Wildman–Crippen MR) is 126 cm³/mol. The molecule has 12 heteroatoms. The lowest BCUT2D eigenvalue weighted by Gasteiger charge is -2.26. The Balaban J connectivity index is 1.40. The molecule has 2 aromatic heterocycles. The van der Waals surface area contributed by atoms with Crippen LogP contribution in [-0.4, -0.2) is 83.6 Å². The fourth-order valence-electron chi connectivity index (χ4n) is 4.17. The molecule has 0 bridgehead atoms. The number of benzene rings is 1. The van der Waals surface area contributed by atoms with Crippen molar-refractivity contribution >= 4 is 22.8 Å². The quantitative estimate of drug-likeness (QED) is 0.496. The molecule has 1 amide bonds. The lowest BCUT2D eigenvalue weighted by Crippen LogP contribution is -2.37. The smallest absolute Gasteiger partial charge is 0.443 e. The topological polar surface area (TPSA) is 125 Å². The van der Waals surface area contributed by atoms with E-state index in [1.54, 1.807) is 7.11 Å². The van der Waals surface area contributed by atoms with Crippen LogP contribution in [0.4, 0.5) is 10.6 Å². The van der Waals surface area contributed by atoms with Crippen LogP contribution in [0.2, 0.25) is 0 Å². The lowest BCUT2D eigenvalue weighted by atomic mass is 10.2. The lowest BCUT2D eigenvalue weighted by molar-refractivity contribution is 0.0357. The first-order chi connectivity index (χ1) is 17.2. The minimum Gasteiger partial charge on any atom is -0.491 e. The van der Waals surface area contributed by atoms with Gasteiger partial charge < -0.3 is 24.3 Å². The zero-order valence-corrected chi connectivity index (χ0v) is 19.5. The van der Waals surface area contributed by atoms with Crippen LogP contribution in [0, 0.1) is 0 Å². The molecular weight excluding hydrogens is 454 g/mol. The van der Waals surface area contributed by atoms with E-state index in [-0.39, 0.29) is 11.5 Å². The number of anilines is 1. The number of hydrogen-bond donors (Lipinski definition) is 1. The van der Waals surface area contributed by atoms with Crippen molar-refractivity contribution in [2.45, 2.75) is 13.0 Å². The van der Waals surface area contributed by atoms with Crippen molar-refractivity contribution in [1.29, 1.82) is 0 Å². The van der Waals surface area contributed by atoms with Gasteiger partial charge in [-0.25, -0.2) is 19.7 Å². The van der Waals surface area contributed by atoms with E-state index in [0.717, 1.165) is 50.5 Å². The molecule has 1 saturated heterocycles. The van der Waals surface area contributed by atoms with Gasteiger partial charge in [0.15, 0.2) is 11.5 Å².